The monoisotopic (exact) mass is 486 g/mol. The molecule has 3 heterocycles. The van der Waals surface area contributed by atoms with E-state index < -0.39 is 0 Å². The maximum Gasteiger partial charge on any atom is 0.270 e. The molecule has 1 aliphatic rings. The first-order chi connectivity index (χ1) is 17.1. The van der Waals surface area contributed by atoms with E-state index in [2.05, 4.69) is 58.5 Å². The Morgan fingerprint density at radius 2 is 1.97 bits per heavy atom. The van der Waals surface area contributed by atoms with Gasteiger partial charge in [-0.3, -0.25) is 14.6 Å². The van der Waals surface area contributed by atoms with Crippen LogP contribution in [-0.4, -0.2) is 35.5 Å². The zero-order valence-electron chi connectivity index (χ0n) is 19.9. The molecular weight excluding hydrogens is 456 g/mol. The highest BCUT2D eigenvalue weighted by molar-refractivity contribution is 7.17. The Bertz CT molecular complexity index is 1360. The maximum absolute atomic E-state index is 12.9. The van der Waals surface area contributed by atoms with Gasteiger partial charge in [-0.25, -0.2) is 4.98 Å². The minimum absolute atomic E-state index is 0.0852. The van der Waals surface area contributed by atoms with Crippen LogP contribution in [0.3, 0.4) is 0 Å². The zero-order chi connectivity index (χ0) is 24.2. The van der Waals surface area contributed by atoms with Crippen LogP contribution in [0.5, 0.6) is 0 Å². The van der Waals surface area contributed by atoms with Crippen LogP contribution < -0.4 is 15.8 Å². The molecule has 1 atom stereocenters. The third-order valence-corrected chi connectivity index (χ3v) is 7.62. The van der Waals surface area contributed by atoms with Crippen LogP contribution in [0, 0.1) is 12.8 Å². The van der Waals surface area contributed by atoms with E-state index in [-0.39, 0.29) is 17.4 Å². The van der Waals surface area contributed by atoms with Gasteiger partial charge in [-0.1, -0.05) is 60.2 Å². The molecule has 1 aliphatic heterocycles. The Kier molecular flexibility index (Phi) is 6.95. The number of hydrogen-bond acceptors (Lipinski definition) is 5. The van der Waals surface area contributed by atoms with Gasteiger partial charge in [0.25, 0.3) is 5.56 Å². The Morgan fingerprint density at radius 1 is 1.17 bits per heavy atom. The molecule has 1 fully saturated rings. The molecule has 0 saturated carbocycles. The summed E-state index contributed by atoms with van der Waals surface area (Å²) in [7, 11) is 0. The van der Waals surface area contributed by atoms with E-state index in [1.807, 2.05) is 23.6 Å². The normalized spacial score (nSPS) is 15.9. The average molecular weight is 487 g/mol. The standard InChI is InChI=1S/C28H30N4O2S/c1-19-11-13-21(14-12-19)23-18-35-25-24(23)30-28(31-27(25)34)32-16-6-10-22(17-32)26(33)29-15-5-9-20-7-3-2-4-8-20/h2-4,7-8,11-14,18,22H,5-6,9-10,15-17H2,1H3,(H,29,33)(H,30,31,34). The van der Waals surface area contributed by atoms with Gasteiger partial charge in [0, 0.05) is 30.6 Å². The van der Waals surface area contributed by atoms with Crippen molar-refractivity contribution >= 4 is 33.4 Å². The Labute approximate surface area is 209 Å². The van der Waals surface area contributed by atoms with Crippen LogP contribution in [0.4, 0.5) is 5.95 Å². The van der Waals surface area contributed by atoms with Gasteiger partial charge in [0.2, 0.25) is 11.9 Å². The smallest absolute Gasteiger partial charge is 0.270 e. The van der Waals surface area contributed by atoms with E-state index in [1.165, 1.54) is 22.5 Å². The predicted molar refractivity (Wildman–Crippen MR) is 143 cm³/mol. The molecular formula is C28H30N4O2S. The molecule has 4 aromatic rings. The lowest BCUT2D eigenvalue weighted by molar-refractivity contribution is -0.125. The Balaban J connectivity index is 1.27. The molecule has 1 amide bonds. The maximum atomic E-state index is 12.9. The number of amides is 1. The molecule has 5 rings (SSSR count). The van der Waals surface area contributed by atoms with E-state index in [9.17, 15) is 9.59 Å². The topological polar surface area (TPSA) is 78.1 Å². The average Bonchev–Trinajstić information content (AvgIpc) is 3.32. The highest BCUT2D eigenvalue weighted by Crippen LogP contribution is 2.32. The number of anilines is 1. The van der Waals surface area contributed by atoms with Crippen LogP contribution >= 0.6 is 11.3 Å². The van der Waals surface area contributed by atoms with Crippen molar-refractivity contribution in [1.29, 1.82) is 0 Å². The van der Waals surface area contributed by atoms with Crippen LogP contribution in [0.1, 0.15) is 30.4 Å². The SMILES string of the molecule is Cc1ccc(-c2csc3c(=O)[nH]c(N4CCCC(C(=O)NCCCc5ccccc5)C4)nc23)cc1. The van der Waals surface area contributed by atoms with Gasteiger partial charge in [0.05, 0.1) is 11.4 Å². The van der Waals surface area contributed by atoms with Crippen LogP contribution in [0.25, 0.3) is 21.3 Å². The summed E-state index contributed by atoms with van der Waals surface area (Å²) in [5.41, 5.74) is 5.11. The third-order valence-electron chi connectivity index (χ3n) is 6.65. The van der Waals surface area contributed by atoms with Crippen molar-refractivity contribution in [2.45, 2.75) is 32.6 Å². The molecule has 0 radical (unpaired) electrons. The number of H-pyrrole nitrogens is 1. The summed E-state index contributed by atoms with van der Waals surface area (Å²) in [4.78, 5) is 35.6. The van der Waals surface area contributed by atoms with Gasteiger partial charge in [-0.05, 0) is 43.7 Å². The summed E-state index contributed by atoms with van der Waals surface area (Å²) < 4.78 is 0.633. The van der Waals surface area contributed by atoms with Crippen molar-refractivity contribution in [2.24, 2.45) is 5.92 Å². The van der Waals surface area contributed by atoms with Crippen LogP contribution in [0.15, 0.2) is 64.8 Å². The van der Waals surface area contributed by atoms with E-state index in [0.29, 0.717) is 23.7 Å². The second kappa shape index (κ2) is 10.4. The fraction of sp³-hybridized carbons (Fsp3) is 0.321. The molecule has 1 saturated heterocycles. The van der Waals surface area contributed by atoms with Gasteiger partial charge in [0.1, 0.15) is 4.70 Å². The lowest BCUT2D eigenvalue weighted by atomic mass is 9.97. The largest absolute Gasteiger partial charge is 0.356 e. The number of rotatable bonds is 7. The second-order valence-electron chi connectivity index (χ2n) is 9.25. The van der Waals surface area contributed by atoms with Crippen molar-refractivity contribution in [3.05, 3.63) is 81.5 Å². The molecule has 1 unspecified atom stereocenters. The van der Waals surface area contributed by atoms with E-state index >= 15 is 0 Å². The van der Waals surface area contributed by atoms with Crippen molar-refractivity contribution in [3.8, 4) is 11.1 Å². The quantitative estimate of drug-likeness (QED) is 0.363. The summed E-state index contributed by atoms with van der Waals surface area (Å²) in [6.07, 6.45) is 3.60. The zero-order valence-corrected chi connectivity index (χ0v) is 20.7. The molecule has 35 heavy (non-hydrogen) atoms. The van der Waals surface area contributed by atoms with E-state index in [1.54, 1.807) is 0 Å². The first kappa shape index (κ1) is 23.3. The molecule has 6 nitrogen and oxygen atoms in total. The lowest BCUT2D eigenvalue weighted by Gasteiger charge is -2.32. The third kappa shape index (κ3) is 5.30. The number of hydrogen-bond donors (Lipinski definition) is 2. The predicted octanol–water partition coefficient (Wildman–Crippen LogP) is 4.93. The number of piperidine rings is 1. The van der Waals surface area contributed by atoms with Crippen molar-refractivity contribution in [2.75, 3.05) is 24.5 Å². The van der Waals surface area contributed by atoms with Crippen LogP contribution in [0.2, 0.25) is 0 Å². The number of carbonyl (C=O) groups excluding carboxylic acids is 1. The highest BCUT2D eigenvalue weighted by atomic mass is 32.1. The number of aromatic nitrogens is 2. The first-order valence-corrected chi connectivity index (χ1v) is 13.1. The number of nitrogens with one attached hydrogen (secondary N) is 2. The molecule has 7 heteroatoms. The minimum Gasteiger partial charge on any atom is -0.356 e. The number of aryl methyl sites for hydroxylation is 2. The van der Waals surface area contributed by atoms with Crippen molar-refractivity contribution < 1.29 is 4.79 Å². The van der Waals surface area contributed by atoms with Gasteiger partial charge < -0.3 is 10.2 Å². The minimum atomic E-state index is -0.124. The molecule has 180 valence electrons. The summed E-state index contributed by atoms with van der Waals surface area (Å²) in [5, 5.41) is 5.11. The highest BCUT2D eigenvalue weighted by Gasteiger charge is 2.27. The van der Waals surface area contributed by atoms with Crippen LogP contribution in [-0.2, 0) is 11.2 Å². The summed E-state index contributed by atoms with van der Waals surface area (Å²) in [6, 6.07) is 18.6. The van der Waals surface area contributed by atoms with Gasteiger partial charge in [0.15, 0.2) is 0 Å². The number of thiophene rings is 1. The number of benzene rings is 2. The lowest BCUT2D eigenvalue weighted by Crippen LogP contribution is -2.44. The molecule has 0 spiro atoms. The number of nitrogens with zero attached hydrogens (tertiary/aromatic N) is 2. The Morgan fingerprint density at radius 3 is 2.77 bits per heavy atom. The molecule has 2 aromatic heterocycles. The summed E-state index contributed by atoms with van der Waals surface area (Å²) in [6.45, 7) is 4.06. The van der Waals surface area contributed by atoms with Crippen molar-refractivity contribution in [3.63, 3.8) is 0 Å². The fourth-order valence-electron chi connectivity index (χ4n) is 4.68. The number of fused-ring (bicyclic) bond motifs is 1. The van der Waals surface area contributed by atoms with Gasteiger partial charge in [-0.2, -0.15) is 0 Å². The molecule has 0 aliphatic carbocycles. The van der Waals surface area contributed by atoms with Crippen molar-refractivity contribution in [1.82, 2.24) is 15.3 Å². The number of carbonyl (C=O) groups is 1. The Hall–Kier alpha value is -3.45. The molecule has 0 bridgehead atoms. The van der Waals surface area contributed by atoms with E-state index in [0.717, 1.165) is 48.9 Å². The summed E-state index contributed by atoms with van der Waals surface area (Å²) >= 11 is 1.42. The fourth-order valence-corrected chi connectivity index (χ4v) is 5.59. The number of aromatic amines is 1. The van der Waals surface area contributed by atoms with Gasteiger partial charge in [-0.15, -0.1) is 11.3 Å². The van der Waals surface area contributed by atoms with E-state index in [4.69, 9.17) is 4.98 Å². The molecule has 2 N–H and O–H groups in total. The van der Waals surface area contributed by atoms with Gasteiger partial charge >= 0.3 is 0 Å². The summed E-state index contributed by atoms with van der Waals surface area (Å²) in [5.74, 6) is 0.526. The molecule has 2 aromatic carbocycles. The first-order valence-electron chi connectivity index (χ1n) is 12.2. The second-order valence-corrected chi connectivity index (χ2v) is 10.1.